The summed E-state index contributed by atoms with van der Waals surface area (Å²) in [6.45, 7) is 1.41. The number of carbonyl (C=O) groups excluding carboxylic acids is 2. The number of anilines is 1. The average molecular weight is 441 g/mol. The molecule has 0 heterocycles. The van der Waals surface area contributed by atoms with E-state index in [9.17, 15) is 18.0 Å². The molecule has 0 radical (unpaired) electrons. The Morgan fingerprint density at radius 1 is 1.08 bits per heavy atom. The molecule has 0 spiro atoms. The number of halogens is 1. The van der Waals surface area contributed by atoms with Gasteiger partial charge in [-0.3, -0.25) is 4.79 Å². The highest BCUT2D eigenvalue weighted by atomic mass is 79.9. The van der Waals surface area contributed by atoms with Crippen molar-refractivity contribution in [2.75, 3.05) is 12.4 Å². The summed E-state index contributed by atoms with van der Waals surface area (Å²) in [6.07, 6.45) is 0. The minimum atomic E-state index is -3.87. The second kappa shape index (κ2) is 8.43. The summed E-state index contributed by atoms with van der Waals surface area (Å²) in [7, 11) is -2.64. The quantitative estimate of drug-likeness (QED) is 0.671. The van der Waals surface area contributed by atoms with E-state index in [4.69, 9.17) is 0 Å². The predicted molar refractivity (Wildman–Crippen MR) is 100 cm³/mol. The minimum absolute atomic E-state index is 0.0373. The highest BCUT2D eigenvalue weighted by Crippen LogP contribution is 2.17. The molecule has 7 nitrogen and oxygen atoms in total. The van der Waals surface area contributed by atoms with Crippen LogP contribution in [0.25, 0.3) is 0 Å². The molecular formula is C17H17BrN2O5S. The third-order valence-corrected chi connectivity index (χ3v) is 5.52. The molecule has 9 heteroatoms. The monoisotopic (exact) mass is 440 g/mol. The molecule has 1 atom stereocenters. The Morgan fingerprint density at radius 3 is 2.31 bits per heavy atom. The Bertz CT molecular complexity index is 913. The molecule has 1 amide bonds. The van der Waals surface area contributed by atoms with E-state index in [1.807, 2.05) is 0 Å². The van der Waals surface area contributed by atoms with Crippen molar-refractivity contribution >= 4 is 43.5 Å². The summed E-state index contributed by atoms with van der Waals surface area (Å²) >= 11 is 3.23. The number of hydrogen-bond donors (Lipinski definition) is 2. The van der Waals surface area contributed by atoms with Crippen LogP contribution >= 0.6 is 15.9 Å². The van der Waals surface area contributed by atoms with Crippen LogP contribution in [-0.4, -0.2) is 33.4 Å². The lowest BCUT2D eigenvalue weighted by Crippen LogP contribution is -2.41. The zero-order valence-electron chi connectivity index (χ0n) is 14.0. The molecule has 0 saturated carbocycles. The van der Waals surface area contributed by atoms with Crippen LogP contribution in [0, 0.1) is 0 Å². The molecule has 0 saturated heterocycles. The molecular weight excluding hydrogens is 424 g/mol. The summed E-state index contributed by atoms with van der Waals surface area (Å²) in [4.78, 5) is 24.1. The number of carbonyl (C=O) groups is 2. The number of ether oxygens (including phenoxy) is 1. The Labute approximate surface area is 159 Å². The van der Waals surface area contributed by atoms with Crippen LogP contribution in [0.1, 0.15) is 17.3 Å². The molecule has 138 valence electrons. The van der Waals surface area contributed by atoms with Crippen LogP contribution in [0.3, 0.4) is 0 Å². The Morgan fingerprint density at radius 2 is 1.69 bits per heavy atom. The van der Waals surface area contributed by atoms with Crippen LogP contribution < -0.4 is 10.0 Å². The predicted octanol–water partition coefficient (Wildman–Crippen LogP) is 2.54. The molecule has 2 rings (SSSR count). The van der Waals surface area contributed by atoms with E-state index in [2.05, 4.69) is 30.7 Å². The molecule has 0 aliphatic heterocycles. The molecule has 0 aromatic heterocycles. The first-order valence-electron chi connectivity index (χ1n) is 7.50. The molecule has 0 unspecified atom stereocenters. The lowest BCUT2D eigenvalue weighted by atomic mass is 10.1. The maximum Gasteiger partial charge on any atom is 0.339 e. The number of rotatable bonds is 6. The summed E-state index contributed by atoms with van der Waals surface area (Å²) in [6, 6.07) is 11.2. The lowest BCUT2D eigenvalue weighted by Gasteiger charge is -2.16. The molecule has 0 aliphatic rings. The molecule has 26 heavy (non-hydrogen) atoms. The van der Waals surface area contributed by atoms with Gasteiger partial charge in [0.2, 0.25) is 15.9 Å². The summed E-state index contributed by atoms with van der Waals surface area (Å²) in [5, 5.41) is 2.53. The largest absolute Gasteiger partial charge is 0.465 e. The number of methoxy groups -OCH3 is 1. The van der Waals surface area contributed by atoms with Gasteiger partial charge in [-0.1, -0.05) is 28.1 Å². The van der Waals surface area contributed by atoms with E-state index in [0.29, 0.717) is 0 Å². The van der Waals surface area contributed by atoms with Crippen molar-refractivity contribution in [1.82, 2.24) is 4.72 Å². The number of sulfonamides is 1. The number of benzene rings is 2. The SMILES string of the molecule is COC(=O)c1ccccc1NC(=O)[C@@H](C)NS(=O)(=O)c1ccc(Br)cc1. The maximum absolute atomic E-state index is 12.4. The number of hydrogen-bond acceptors (Lipinski definition) is 5. The van der Waals surface area contributed by atoms with Gasteiger partial charge in [0.25, 0.3) is 0 Å². The van der Waals surface area contributed by atoms with E-state index in [-0.39, 0.29) is 16.1 Å². The molecule has 0 fully saturated rings. The Kier molecular flexibility index (Phi) is 6.52. The number of esters is 1. The third-order valence-electron chi connectivity index (χ3n) is 3.44. The highest BCUT2D eigenvalue weighted by Gasteiger charge is 2.23. The normalized spacial score (nSPS) is 12.3. The second-order valence-corrected chi connectivity index (χ2v) is 7.95. The molecule has 2 aromatic rings. The first-order valence-corrected chi connectivity index (χ1v) is 9.78. The zero-order valence-corrected chi connectivity index (χ0v) is 16.4. The zero-order chi connectivity index (χ0) is 19.3. The van der Waals surface area contributed by atoms with Crippen LogP contribution in [0.2, 0.25) is 0 Å². The lowest BCUT2D eigenvalue weighted by molar-refractivity contribution is -0.117. The second-order valence-electron chi connectivity index (χ2n) is 5.32. The van der Waals surface area contributed by atoms with Crippen molar-refractivity contribution in [2.24, 2.45) is 0 Å². The van der Waals surface area contributed by atoms with Crippen molar-refractivity contribution in [1.29, 1.82) is 0 Å². The number of amides is 1. The van der Waals surface area contributed by atoms with E-state index < -0.39 is 27.9 Å². The van der Waals surface area contributed by atoms with Gasteiger partial charge < -0.3 is 10.1 Å². The van der Waals surface area contributed by atoms with E-state index in [0.717, 1.165) is 4.47 Å². The van der Waals surface area contributed by atoms with Crippen LogP contribution in [0.5, 0.6) is 0 Å². The fraction of sp³-hybridized carbons (Fsp3) is 0.176. The first kappa shape index (κ1) is 20.1. The first-order chi connectivity index (χ1) is 12.2. The summed E-state index contributed by atoms with van der Waals surface area (Å²) in [5.41, 5.74) is 0.408. The van der Waals surface area contributed by atoms with Crippen molar-refractivity contribution in [3.8, 4) is 0 Å². The van der Waals surface area contributed by atoms with E-state index in [1.54, 1.807) is 24.3 Å². The summed E-state index contributed by atoms with van der Waals surface area (Å²) in [5.74, 6) is -1.22. The van der Waals surface area contributed by atoms with Crippen molar-refractivity contribution in [3.05, 3.63) is 58.6 Å². The van der Waals surface area contributed by atoms with Crippen LogP contribution in [0.4, 0.5) is 5.69 Å². The van der Waals surface area contributed by atoms with Crippen molar-refractivity contribution < 1.29 is 22.7 Å². The van der Waals surface area contributed by atoms with E-state index in [1.165, 1.54) is 38.3 Å². The minimum Gasteiger partial charge on any atom is -0.465 e. The fourth-order valence-electron chi connectivity index (χ4n) is 2.09. The molecule has 2 N–H and O–H groups in total. The van der Waals surface area contributed by atoms with Gasteiger partial charge in [0.15, 0.2) is 0 Å². The topological polar surface area (TPSA) is 102 Å². The highest BCUT2D eigenvalue weighted by molar-refractivity contribution is 9.10. The Hall–Kier alpha value is -2.23. The Balaban J connectivity index is 2.13. The van der Waals surface area contributed by atoms with Gasteiger partial charge >= 0.3 is 5.97 Å². The van der Waals surface area contributed by atoms with E-state index >= 15 is 0 Å². The number of nitrogens with one attached hydrogen (secondary N) is 2. The standard InChI is InChI=1S/C17H17BrN2O5S/c1-11(20-26(23,24)13-9-7-12(18)8-10-13)16(21)19-15-6-4-3-5-14(15)17(22)25-2/h3-11,20H,1-2H3,(H,19,21)/t11-/m1/s1. The van der Waals surface area contributed by atoms with Crippen LogP contribution in [-0.2, 0) is 19.6 Å². The maximum atomic E-state index is 12.4. The third kappa shape index (κ3) is 4.90. The average Bonchev–Trinajstić information content (AvgIpc) is 2.61. The molecule has 0 bridgehead atoms. The van der Waals surface area contributed by atoms with Crippen LogP contribution in [0.15, 0.2) is 57.9 Å². The molecule has 0 aliphatic carbocycles. The number of para-hydroxylation sites is 1. The smallest absolute Gasteiger partial charge is 0.339 e. The molecule has 2 aromatic carbocycles. The fourth-order valence-corrected chi connectivity index (χ4v) is 3.56. The van der Waals surface area contributed by atoms with Gasteiger partial charge in [-0.05, 0) is 43.3 Å². The van der Waals surface area contributed by atoms with Gasteiger partial charge in [0.1, 0.15) is 0 Å². The van der Waals surface area contributed by atoms with Gasteiger partial charge in [-0.2, -0.15) is 4.72 Å². The van der Waals surface area contributed by atoms with Crippen molar-refractivity contribution in [2.45, 2.75) is 17.9 Å². The van der Waals surface area contributed by atoms with Gasteiger partial charge in [0.05, 0.1) is 29.3 Å². The van der Waals surface area contributed by atoms with Crippen molar-refractivity contribution in [3.63, 3.8) is 0 Å². The van der Waals surface area contributed by atoms with Gasteiger partial charge in [0, 0.05) is 4.47 Å². The summed E-state index contributed by atoms with van der Waals surface area (Å²) < 4.78 is 32.4. The van der Waals surface area contributed by atoms with Gasteiger partial charge in [-0.25, -0.2) is 13.2 Å². The van der Waals surface area contributed by atoms with Gasteiger partial charge in [-0.15, -0.1) is 0 Å².